The van der Waals surface area contributed by atoms with Crippen molar-refractivity contribution >= 4 is 0 Å². The molecule has 0 unspecified atom stereocenters. The van der Waals surface area contributed by atoms with Crippen LogP contribution in [0.5, 0.6) is 0 Å². The van der Waals surface area contributed by atoms with Gasteiger partial charge in [-0.3, -0.25) is 4.79 Å². The summed E-state index contributed by atoms with van der Waals surface area (Å²) in [7, 11) is 0. The summed E-state index contributed by atoms with van der Waals surface area (Å²) in [6.45, 7) is 3.92. The topological polar surface area (TPSA) is 45.8 Å². The Balaban J connectivity index is 2.46. The summed E-state index contributed by atoms with van der Waals surface area (Å²) in [6, 6.07) is 11.8. The predicted molar refractivity (Wildman–Crippen MR) is 68.2 cm³/mol. The molecule has 0 saturated carbocycles. The summed E-state index contributed by atoms with van der Waals surface area (Å²) >= 11 is 0. The fourth-order valence-corrected chi connectivity index (χ4v) is 2.08. The molecule has 0 aliphatic rings. The van der Waals surface area contributed by atoms with Crippen molar-refractivity contribution in [2.75, 3.05) is 0 Å². The van der Waals surface area contributed by atoms with Gasteiger partial charge in [0.05, 0.1) is 5.69 Å². The summed E-state index contributed by atoms with van der Waals surface area (Å²) in [5, 5.41) is 0. The van der Waals surface area contributed by atoms with Gasteiger partial charge in [-0.2, -0.15) is 0 Å². The third-order valence-corrected chi connectivity index (χ3v) is 2.85. The van der Waals surface area contributed by atoms with E-state index in [2.05, 4.69) is 29.0 Å². The van der Waals surface area contributed by atoms with E-state index in [-0.39, 0.29) is 11.5 Å². The molecule has 88 valence electrons. The molecule has 0 spiro atoms. The largest absolute Gasteiger partial charge is 0.311 e. The molecule has 2 aromatic rings. The highest BCUT2D eigenvalue weighted by Crippen LogP contribution is 2.25. The van der Waals surface area contributed by atoms with Crippen LogP contribution in [0.3, 0.4) is 0 Å². The third-order valence-electron chi connectivity index (χ3n) is 2.85. The number of hydrogen-bond donors (Lipinski definition) is 1. The van der Waals surface area contributed by atoms with E-state index in [1.165, 1.54) is 5.56 Å². The Bertz CT molecular complexity index is 546. The smallest absolute Gasteiger partial charge is 0.251 e. The second-order valence-corrected chi connectivity index (χ2v) is 4.13. The quantitative estimate of drug-likeness (QED) is 0.877. The number of nitrogens with zero attached hydrogens (tertiary/aromatic N) is 1. The van der Waals surface area contributed by atoms with E-state index >= 15 is 0 Å². The maximum Gasteiger partial charge on any atom is 0.251 e. The number of aromatic nitrogens is 2. The zero-order valence-corrected chi connectivity index (χ0v) is 10.1. The summed E-state index contributed by atoms with van der Waals surface area (Å²) in [4.78, 5) is 18.6. The number of benzene rings is 1. The first-order valence-corrected chi connectivity index (χ1v) is 5.83. The molecule has 17 heavy (non-hydrogen) atoms. The van der Waals surface area contributed by atoms with Crippen molar-refractivity contribution in [3.05, 3.63) is 63.8 Å². The van der Waals surface area contributed by atoms with Gasteiger partial charge in [-0.15, -0.1) is 0 Å². The van der Waals surface area contributed by atoms with Gasteiger partial charge in [0.1, 0.15) is 5.82 Å². The fraction of sp³-hybridized carbons (Fsp3) is 0.286. The number of nitrogens with one attached hydrogen (secondary N) is 1. The van der Waals surface area contributed by atoms with Gasteiger partial charge < -0.3 is 4.98 Å². The van der Waals surface area contributed by atoms with E-state index in [9.17, 15) is 4.79 Å². The van der Waals surface area contributed by atoms with E-state index in [1.54, 1.807) is 6.07 Å². The summed E-state index contributed by atoms with van der Waals surface area (Å²) in [5.41, 5.74) is 1.97. The van der Waals surface area contributed by atoms with Crippen LogP contribution in [-0.2, 0) is 0 Å². The minimum absolute atomic E-state index is 0.0816. The molecule has 1 N–H and O–H groups in total. The Kier molecular flexibility index (Phi) is 3.38. The second-order valence-electron chi connectivity index (χ2n) is 4.13. The van der Waals surface area contributed by atoms with Crippen molar-refractivity contribution in [3.63, 3.8) is 0 Å². The van der Waals surface area contributed by atoms with E-state index in [0.717, 1.165) is 12.1 Å². The van der Waals surface area contributed by atoms with Crippen LogP contribution in [0.15, 0.2) is 41.2 Å². The lowest BCUT2D eigenvalue weighted by Gasteiger charge is -2.14. The summed E-state index contributed by atoms with van der Waals surface area (Å²) in [6.07, 6.45) is 0.930. The van der Waals surface area contributed by atoms with Crippen LogP contribution in [0.25, 0.3) is 0 Å². The molecule has 0 fully saturated rings. The molecule has 0 bridgehead atoms. The maximum atomic E-state index is 11.5. The van der Waals surface area contributed by atoms with Crippen LogP contribution in [0.1, 0.15) is 36.3 Å². The molecule has 0 aliphatic heterocycles. The molecule has 0 saturated heterocycles. The van der Waals surface area contributed by atoms with Crippen molar-refractivity contribution in [1.82, 2.24) is 9.97 Å². The molecule has 0 radical (unpaired) electrons. The van der Waals surface area contributed by atoms with Gasteiger partial charge in [0.2, 0.25) is 0 Å². The zero-order valence-electron chi connectivity index (χ0n) is 10.1. The predicted octanol–water partition coefficient (Wildman–Crippen LogP) is 2.62. The van der Waals surface area contributed by atoms with Crippen LogP contribution in [0.2, 0.25) is 0 Å². The average Bonchev–Trinajstić information content (AvgIpc) is 2.30. The van der Waals surface area contributed by atoms with Crippen LogP contribution >= 0.6 is 0 Å². The van der Waals surface area contributed by atoms with Gasteiger partial charge in [0.25, 0.3) is 5.56 Å². The molecule has 0 aliphatic carbocycles. The first kappa shape index (κ1) is 11.6. The molecule has 1 aromatic heterocycles. The van der Waals surface area contributed by atoms with E-state index in [4.69, 9.17) is 0 Å². The van der Waals surface area contributed by atoms with Gasteiger partial charge in [-0.25, -0.2) is 4.98 Å². The molecule has 1 heterocycles. The van der Waals surface area contributed by atoms with E-state index < -0.39 is 0 Å². The normalized spacial score (nSPS) is 12.4. The van der Waals surface area contributed by atoms with Crippen LogP contribution in [-0.4, -0.2) is 9.97 Å². The Labute approximate surface area is 101 Å². The monoisotopic (exact) mass is 228 g/mol. The van der Waals surface area contributed by atoms with Crippen molar-refractivity contribution in [2.24, 2.45) is 0 Å². The zero-order chi connectivity index (χ0) is 12.3. The highest BCUT2D eigenvalue weighted by atomic mass is 16.1. The highest BCUT2D eigenvalue weighted by Gasteiger charge is 2.14. The van der Waals surface area contributed by atoms with Gasteiger partial charge >= 0.3 is 0 Å². The third kappa shape index (κ3) is 2.61. The minimum Gasteiger partial charge on any atom is -0.311 e. The molecule has 2 rings (SSSR count). The van der Waals surface area contributed by atoms with Crippen molar-refractivity contribution in [3.8, 4) is 0 Å². The fourth-order valence-electron chi connectivity index (χ4n) is 2.08. The molecular weight excluding hydrogens is 212 g/mol. The first-order valence-electron chi connectivity index (χ1n) is 5.83. The number of H-pyrrole nitrogens is 1. The van der Waals surface area contributed by atoms with Crippen molar-refractivity contribution in [1.29, 1.82) is 0 Å². The molecular formula is C14H16N2O. The number of hydrogen-bond acceptors (Lipinski definition) is 2. The van der Waals surface area contributed by atoms with Crippen molar-refractivity contribution < 1.29 is 0 Å². The molecule has 3 nitrogen and oxygen atoms in total. The second kappa shape index (κ2) is 4.95. The highest BCUT2D eigenvalue weighted by molar-refractivity contribution is 5.27. The Morgan fingerprint density at radius 2 is 2.00 bits per heavy atom. The first-order chi connectivity index (χ1) is 8.20. The number of rotatable bonds is 3. The SMILES string of the molecule is CC[C@@H](c1ccccc1)c1cc(=O)[nH]c(C)n1. The Morgan fingerprint density at radius 3 is 2.59 bits per heavy atom. The van der Waals surface area contributed by atoms with Crippen LogP contribution < -0.4 is 5.56 Å². The number of aromatic amines is 1. The molecule has 1 aromatic carbocycles. The lowest BCUT2D eigenvalue weighted by Crippen LogP contribution is -2.13. The molecule has 3 heteroatoms. The van der Waals surface area contributed by atoms with Gasteiger partial charge in [0.15, 0.2) is 0 Å². The van der Waals surface area contributed by atoms with Gasteiger partial charge in [-0.1, -0.05) is 37.3 Å². The minimum atomic E-state index is -0.0816. The lowest BCUT2D eigenvalue weighted by molar-refractivity contribution is 0.735. The van der Waals surface area contributed by atoms with Crippen LogP contribution in [0, 0.1) is 6.92 Å². The van der Waals surface area contributed by atoms with Gasteiger partial charge in [0, 0.05) is 12.0 Å². The summed E-state index contributed by atoms with van der Waals surface area (Å²) in [5.74, 6) is 0.860. The standard InChI is InChI=1S/C14H16N2O/c1-3-12(11-7-5-4-6-8-11)13-9-14(17)16-10(2)15-13/h4-9,12H,3H2,1-2H3,(H,15,16,17)/t12-/m0/s1. The van der Waals surface area contributed by atoms with Gasteiger partial charge in [-0.05, 0) is 18.9 Å². The average molecular weight is 228 g/mol. The maximum absolute atomic E-state index is 11.5. The number of aryl methyl sites for hydroxylation is 1. The Morgan fingerprint density at radius 1 is 1.29 bits per heavy atom. The van der Waals surface area contributed by atoms with E-state index in [1.807, 2.05) is 25.1 Å². The van der Waals surface area contributed by atoms with Crippen molar-refractivity contribution in [2.45, 2.75) is 26.2 Å². The summed E-state index contributed by atoms with van der Waals surface area (Å²) < 4.78 is 0. The molecule has 1 atom stereocenters. The van der Waals surface area contributed by atoms with Crippen LogP contribution in [0.4, 0.5) is 0 Å². The van der Waals surface area contributed by atoms with E-state index in [0.29, 0.717) is 5.82 Å². The Hall–Kier alpha value is -1.90. The molecule has 0 amide bonds. The lowest BCUT2D eigenvalue weighted by atomic mass is 9.93.